The molecule has 0 aromatic heterocycles. The zero-order valence-corrected chi connectivity index (χ0v) is 14.9. The van der Waals surface area contributed by atoms with Gasteiger partial charge in [-0.25, -0.2) is 4.39 Å². The quantitative estimate of drug-likeness (QED) is 0.878. The van der Waals surface area contributed by atoms with Crippen LogP contribution in [0.4, 0.5) is 4.39 Å². The van der Waals surface area contributed by atoms with Gasteiger partial charge in [0, 0.05) is 25.2 Å². The van der Waals surface area contributed by atoms with Crippen LogP contribution in [0.1, 0.15) is 43.1 Å². The Hall–Kier alpha value is -1.91. The van der Waals surface area contributed by atoms with Gasteiger partial charge in [0.05, 0.1) is 6.10 Å². The molecular formula is C21H26FNO2. The number of rotatable bonds is 5. The lowest BCUT2D eigenvalue weighted by Gasteiger charge is -2.20. The summed E-state index contributed by atoms with van der Waals surface area (Å²) in [6.07, 6.45) is 0.304. The van der Waals surface area contributed by atoms with Crippen molar-refractivity contribution in [3.8, 4) is 5.75 Å². The van der Waals surface area contributed by atoms with Crippen LogP contribution >= 0.6 is 0 Å². The molecule has 0 unspecified atom stereocenters. The van der Waals surface area contributed by atoms with Crippen LogP contribution in [-0.2, 0) is 13.1 Å². The molecule has 0 spiro atoms. The fraction of sp³-hybridized carbons (Fsp3) is 0.429. The molecule has 1 heterocycles. The summed E-state index contributed by atoms with van der Waals surface area (Å²) in [4.78, 5) is 2.29. The second-order valence-electron chi connectivity index (χ2n) is 7.20. The van der Waals surface area contributed by atoms with Crippen LogP contribution in [0.2, 0.25) is 0 Å². The monoisotopic (exact) mass is 343 g/mol. The van der Waals surface area contributed by atoms with Crippen molar-refractivity contribution in [1.82, 2.24) is 4.90 Å². The lowest BCUT2D eigenvalue weighted by molar-refractivity contribution is 0.151. The first-order valence-corrected chi connectivity index (χ1v) is 8.92. The molecule has 0 bridgehead atoms. The van der Waals surface area contributed by atoms with E-state index in [2.05, 4.69) is 24.8 Å². The van der Waals surface area contributed by atoms with Crippen LogP contribution in [0.15, 0.2) is 42.5 Å². The van der Waals surface area contributed by atoms with Gasteiger partial charge in [-0.15, -0.1) is 0 Å². The Morgan fingerprint density at radius 2 is 1.92 bits per heavy atom. The molecule has 2 aromatic rings. The molecule has 4 heteroatoms. The number of benzene rings is 2. The minimum Gasteiger partial charge on any atom is -0.492 e. The molecule has 0 saturated heterocycles. The Kier molecular flexibility index (Phi) is 5.71. The molecule has 1 atom stereocenters. The van der Waals surface area contributed by atoms with Gasteiger partial charge in [-0.3, -0.25) is 4.90 Å². The van der Waals surface area contributed by atoms with Crippen molar-refractivity contribution in [2.45, 2.75) is 39.5 Å². The summed E-state index contributed by atoms with van der Waals surface area (Å²) < 4.78 is 18.9. The summed E-state index contributed by atoms with van der Waals surface area (Å²) in [6, 6.07) is 12.6. The van der Waals surface area contributed by atoms with Crippen LogP contribution < -0.4 is 4.74 Å². The molecule has 0 amide bonds. The Morgan fingerprint density at radius 3 is 2.64 bits per heavy atom. The SMILES string of the molecule is CC(C)C[C@@H](O)c1ccc2c(c1)CN(Cc1ccc(F)cc1)CCO2. The molecule has 3 nitrogen and oxygen atoms in total. The fourth-order valence-corrected chi connectivity index (χ4v) is 3.24. The van der Waals surface area contributed by atoms with Crippen LogP contribution in [0, 0.1) is 11.7 Å². The Morgan fingerprint density at radius 1 is 1.16 bits per heavy atom. The van der Waals surface area contributed by atoms with E-state index in [0.29, 0.717) is 12.5 Å². The number of aliphatic hydroxyl groups is 1. The van der Waals surface area contributed by atoms with Gasteiger partial charge in [-0.1, -0.05) is 32.0 Å². The highest BCUT2D eigenvalue weighted by atomic mass is 19.1. The maximum Gasteiger partial charge on any atom is 0.123 e. The second kappa shape index (κ2) is 7.98. The molecule has 1 N–H and O–H groups in total. The van der Waals surface area contributed by atoms with Gasteiger partial charge in [0.25, 0.3) is 0 Å². The number of nitrogens with zero attached hydrogens (tertiary/aromatic N) is 1. The largest absolute Gasteiger partial charge is 0.492 e. The molecule has 0 saturated carbocycles. The summed E-state index contributed by atoms with van der Waals surface area (Å²) in [6.45, 7) is 7.18. The van der Waals surface area contributed by atoms with Gasteiger partial charge < -0.3 is 9.84 Å². The van der Waals surface area contributed by atoms with Gasteiger partial charge in [-0.2, -0.15) is 0 Å². The van der Waals surface area contributed by atoms with Crippen molar-refractivity contribution in [3.63, 3.8) is 0 Å². The first-order valence-electron chi connectivity index (χ1n) is 8.92. The van der Waals surface area contributed by atoms with Crippen molar-refractivity contribution >= 4 is 0 Å². The first kappa shape index (κ1) is 17.9. The maximum absolute atomic E-state index is 13.1. The first-order chi connectivity index (χ1) is 12.0. The van der Waals surface area contributed by atoms with E-state index >= 15 is 0 Å². The lowest BCUT2D eigenvalue weighted by Crippen LogP contribution is -2.25. The zero-order valence-electron chi connectivity index (χ0n) is 14.9. The number of hydrogen-bond acceptors (Lipinski definition) is 3. The van der Waals surface area contributed by atoms with Crippen molar-refractivity contribution in [1.29, 1.82) is 0 Å². The minimum atomic E-state index is -0.445. The normalized spacial score (nSPS) is 16.2. The minimum absolute atomic E-state index is 0.211. The predicted molar refractivity (Wildman–Crippen MR) is 96.9 cm³/mol. The molecule has 25 heavy (non-hydrogen) atoms. The number of aliphatic hydroxyl groups excluding tert-OH is 1. The van der Waals surface area contributed by atoms with Crippen LogP contribution in [0.3, 0.4) is 0 Å². The summed E-state index contributed by atoms with van der Waals surface area (Å²) in [5, 5.41) is 10.4. The zero-order chi connectivity index (χ0) is 17.8. The van der Waals surface area contributed by atoms with Gasteiger partial charge in [0.1, 0.15) is 18.2 Å². The predicted octanol–water partition coefficient (Wildman–Crippen LogP) is 4.30. The molecule has 1 aliphatic heterocycles. The van der Waals surface area contributed by atoms with E-state index in [1.54, 1.807) is 0 Å². The van der Waals surface area contributed by atoms with E-state index in [9.17, 15) is 9.50 Å². The smallest absolute Gasteiger partial charge is 0.123 e. The average Bonchev–Trinajstić information content (AvgIpc) is 2.77. The molecule has 1 aliphatic rings. The third-order valence-corrected chi connectivity index (χ3v) is 4.54. The number of ether oxygens (including phenoxy) is 1. The standard InChI is InChI=1S/C21H26FNO2/c1-15(2)11-20(24)17-5-8-21-18(12-17)14-23(9-10-25-21)13-16-3-6-19(22)7-4-16/h3-8,12,15,20,24H,9-11,13-14H2,1-2H3/t20-/m1/s1. The third kappa shape index (κ3) is 4.80. The lowest BCUT2D eigenvalue weighted by atomic mass is 9.97. The van der Waals surface area contributed by atoms with Gasteiger partial charge in [-0.05, 0) is 47.7 Å². The Bertz CT molecular complexity index is 700. The highest BCUT2D eigenvalue weighted by molar-refractivity contribution is 5.38. The van der Waals surface area contributed by atoms with Crippen LogP contribution in [0.5, 0.6) is 5.75 Å². The van der Waals surface area contributed by atoms with Crippen LogP contribution in [-0.4, -0.2) is 23.2 Å². The second-order valence-corrected chi connectivity index (χ2v) is 7.20. The van der Waals surface area contributed by atoms with Crippen molar-refractivity contribution < 1.29 is 14.2 Å². The number of halogens is 1. The summed E-state index contributed by atoms with van der Waals surface area (Å²) in [7, 11) is 0. The Balaban J connectivity index is 1.75. The van der Waals surface area contributed by atoms with E-state index in [1.807, 2.05) is 24.3 Å². The Labute approximate surface area is 149 Å². The van der Waals surface area contributed by atoms with E-state index < -0.39 is 6.10 Å². The molecule has 0 fully saturated rings. The summed E-state index contributed by atoms with van der Waals surface area (Å²) >= 11 is 0. The fourth-order valence-electron chi connectivity index (χ4n) is 3.24. The van der Waals surface area contributed by atoms with Crippen molar-refractivity contribution in [2.75, 3.05) is 13.2 Å². The molecule has 0 aliphatic carbocycles. The highest BCUT2D eigenvalue weighted by Gasteiger charge is 2.18. The van der Waals surface area contributed by atoms with Crippen LogP contribution in [0.25, 0.3) is 0 Å². The molecule has 2 aromatic carbocycles. The molecule has 134 valence electrons. The average molecular weight is 343 g/mol. The summed E-state index contributed by atoms with van der Waals surface area (Å²) in [5.74, 6) is 1.12. The van der Waals surface area contributed by atoms with Gasteiger partial charge in [0.15, 0.2) is 0 Å². The van der Waals surface area contributed by atoms with Crippen molar-refractivity contribution in [2.24, 2.45) is 5.92 Å². The third-order valence-electron chi connectivity index (χ3n) is 4.54. The number of fused-ring (bicyclic) bond motifs is 1. The number of hydrogen-bond donors (Lipinski definition) is 1. The van der Waals surface area contributed by atoms with Gasteiger partial charge in [0.2, 0.25) is 0 Å². The van der Waals surface area contributed by atoms with Gasteiger partial charge >= 0.3 is 0 Å². The molecule has 0 radical (unpaired) electrons. The van der Waals surface area contributed by atoms with Crippen molar-refractivity contribution in [3.05, 3.63) is 65.0 Å². The molecule has 3 rings (SSSR count). The van der Waals surface area contributed by atoms with E-state index in [0.717, 1.165) is 48.5 Å². The summed E-state index contributed by atoms with van der Waals surface area (Å²) in [5.41, 5.74) is 3.13. The van der Waals surface area contributed by atoms with E-state index in [4.69, 9.17) is 4.74 Å². The highest BCUT2D eigenvalue weighted by Crippen LogP contribution is 2.29. The van der Waals surface area contributed by atoms with E-state index in [1.165, 1.54) is 12.1 Å². The van der Waals surface area contributed by atoms with E-state index in [-0.39, 0.29) is 5.82 Å². The topological polar surface area (TPSA) is 32.7 Å². The maximum atomic E-state index is 13.1. The molecular weight excluding hydrogens is 317 g/mol.